The molecular formula is C14H24N2O3S2. The second kappa shape index (κ2) is 8.63. The molecule has 0 heterocycles. The maximum absolute atomic E-state index is 12.0. The molecule has 21 heavy (non-hydrogen) atoms. The van der Waals surface area contributed by atoms with Gasteiger partial charge in [0.2, 0.25) is 10.0 Å². The fraction of sp³-hybridized carbons (Fsp3) is 0.571. The Kier molecular flexibility index (Phi) is 7.51. The Balaban J connectivity index is 2.74. The van der Waals surface area contributed by atoms with E-state index in [2.05, 4.69) is 10.0 Å². The van der Waals surface area contributed by atoms with Crippen LogP contribution in [0.1, 0.15) is 20.3 Å². The highest BCUT2D eigenvalue weighted by Gasteiger charge is 2.16. The van der Waals surface area contributed by atoms with Crippen LogP contribution < -0.4 is 10.0 Å². The second-order valence-electron chi connectivity index (χ2n) is 4.81. The van der Waals surface area contributed by atoms with Crippen LogP contribution in [0.3, 0.4) is 0 Å². The van der Waals surface area contributed by atoms with E-state index in [4.69, 9.17) is 0 Å². The molecule has 0 aliphatic carbocycles. The van der Waals surface area contributed by atoms with Gasteiger partial charge in [0.1, 0.15) is 0 Å². The summed E-state index contributed by atoms with van der Waals surface area (Å²) in [6.07, 6.45) is 2.71. The first-order chi connectivity index (χ1) is 9.94. The molecule has 1 aromatic carbocycles. The maximum Gasteiger partial charge on any atom is 0.240 e. The number of aliphatic hydroxyl groups excluding tert-OH is 1. The standard InChI is InChI=1S/C14H24N2O3S2/c1-4-9-15-21(18,19)13-7-5-12(6-8-13)16-11(2)14(10-17)20-3/h5-8,11,14-17H,4,9-10H2,1-3H3. The van der Waals surface area contributed by atoms with Crippen LogP contribution in [0.2, 0.25) is 0 Å². The van der Waals surface area contributed by atoms with Gasteiger partial charge < -0.3 is 10.4 Å². The lowest BCUT2D eigenvalue weighted by molar-refractivity contribution is 0.288. The minimum atomic E-state index is -3.42. The van der Waals surface area contributed by atoms with Gasteiger partial charge in [-0.05, 0) is 43.9 Å². The van der Waals surface area contributed by atoms with Gasteiger partial charge in [-0.15, -0.1) is 0 Å². The largest absolute Gasteiger partial charge is 0.395 e. The average Bonchev–Trinajstić information content (AvgIpc) is 2.47. The first-order valence-electron chi connectivity index (χ1n) is 6.94. The van der Waals surface area contributed by atoms with Crippen LogP contribution in [0.15, 0.2) is 29.2 Å². The molecule has 0 amide bonds. The van der Waals surface area contributed by atoms with Crippen molar-refractivity contribution in [2.24, 2.45) is 0 Å². The van der Waals surface area contributed by atoms with E-state index in [0.717, 1.165) is 12.1 Å². The molecule has 1 rings (SSSR count). The number of rotatable bonds is 9. The number of nitrogens with one attached hydrogen (secondary N) is 2. The van der Waals surface area contributed by atoms with Crippen LogP contribution in [0.25, 0.3) is 0 Å². The zero-order chi connectivity index (χ0) is 15.9. The molecular weight excluding hydrogens is 308 g/mol. The van der Waals surface area contributed by atoms with Gasteiger partial charge in [-0.25, -0.2) is 13.1 Å². The number of hydrogen-bond acceptors (Lipinski definition) is 5. The van der Waals surface area contributed by atoms with Crippen molar-refractivity contribution in [1.82, 2.24) is 4.72 Å². The number of hydrogen-bond donors (Lipinski definition) is 3. The van der Waals surface area contributed by atoms with Gasteiger partial charge in [0.15, 0.2) is 0 Å². The van der Waals surface area contributed by atoms with Crippen LogP contribution in [-0.2, 0) is 10.0 Å². The van der Waals surface area contributed by atoms with Crippen molar-refractivity contribution in [2.75, 3.05) is 24.7 Å². The molecule has 3 N–H and O–H groups in total. The van der Waals surface area contributed by atoms with Crippen molar-refractivity contribution in [3.8, 4) is 0 Å². The topological polar surface area (TPSA) is 78.4 Å². The third-order valence-electron chi connectivity index (χ3n) is 3.14. The Morgan fingerprint density at radius 1 is 1.29 bits per heavy atom. The van der Waals surface area contributed by atoms with Gasteiger partial charge >= 0.3 is 0 Å². The van der Waals surface area contributed by atoms with Crippen molar-refractivity contribution in [3.05, 3.63) is 24.3 Å². The van der Waals surface area contributed by atoms with Gasteiger partial charge in [-0.2, -0.15) is 11.8 Å². The Morgan fingerprint density at radius 3 is 2.38 bits per heavy atom. The first-order valence-corrected chi connectivity index (χ1v) is 9.71. The predicted molar refractivity (Wildman–Crippen MR) is 89.4 cm³/mol. The van der Waals surface area contributed by atoms with E-state index < -0.39 is 10.0 Å². The smallest absolute Gasteiger partial charge is 0.240 e. The van der Waals surface area contributed by atoms with E-state index in [1.165, 1.54) is 0 Å². The lowest BCUT2D eigenvalue weighted by Crippen LogP contribution is -2.31. The number of thioether (sulfide) groups is 1. The fourth-order valence-corrected chi connectivity index (χ4v) is 3.60. The van der Waals surface area contributed by atoms with E-state index >= 15 is 0 Å². The fourth-order valence-electron chi connectivity index (χ4n) is 1.84. The molecule has 1 aromatic rings. The zero-order valence-electron chi connectivity index (χ0n) is 12.7. The summed E-state index contributed by atoms with van der Waals surface area (Å²) in [6.45, 7) is 4.44. The minimum Gasteiger partial charge on any atom is -0.395 e. The normalized spacial score (nSPS) is 14.7. The van der Waals surface area contributed by atoms with E-state index in [1.807, 2.05) is 20.1 Å². The number of aliphatic hydroxyl groups is 1. The summed E-state index contributed by atoms with van der Waals surface area (Å²) in [7, 11) is -3.42. The second-order valence-corrected chi connectivity index (χ2v) is 7.66. The number of benzene rings is 1. The molecule has 5 nitrogen and oxygen atoms in total. The minimum absolute atomic E-state index is 0.0886. The highest BCUT2D eigenvalue weighted by molar-refractivity contribution is 7.99. The molecule has 0 spiro atoms. The van der Waals surface area contributed by atoms with E-state index in [9.17, 15) is 13.5 Å². The molecule has 0 fully saturated rings. The summed E-state index contributed by atoms with van der Waals surface area (Å²) in [6, 6.07) is 6.74. The lowest BCUT2D eigenvalue weighted by atomic mass is 10.2. The van der Waals surface area contributed by atoms with Crippen LogP contribution in [0, 0.1) is 0 Å². The summed E-state index contributed by atoms with van der Waals surface area (Å²) < 4.78 is 26.5. The van der Waals surface area contributed by atoms with Gasteiger partial charge in [0.25, 0.3) is 0 Å². The average molecular weight is 332 g/mol. The van der Waals surface area contributed by atoms with Crippen molar-refractivity contribution < 1.29 is 13.5 Å². The molecule has 120 valence electrons. The van der Waals surface area contributed by atoms with Gasteiger partial charge in [0.05, 0.1) is 11.5 Å². The molecule has 2 unspecified atom stereocenters. The van der Waals surface area contributed by atoms with Crippen molar-refractivity contribution in [2.45, 2.75) is 36.5 Å². The molecule has 7 heteroatoms. The summed E-state index contributed by atoms with van der Waals surface area (Å²) in [5, 5.41) is 12.6. The Morgan fingerprint density at radius 2 is 1.90 bits per heavy atom. The molecule has 0 aliphatic heterocycles. The number of anilines is 1. The summed E-state index contributed by atoms with van der Waals surface area (Å²) in [5.74, 6) is 0. The third-order valence-corrected chi connectivity index (χ3v) is 5.78. The number of sulfonamides is 1. The van der Waals surface area contributed by atoms with E-state index in [-0.39, 0.29) is 22.8 Å². The first kappa shape index (κ1) is 18.3. The predicted octanol–water partition coefficient (Wildman–Crippen LogP) is 1.90. The van der Waals surface area contributed by atoms with Crippen LogP contribution >= 0.6 is 11.8 Å². The Bertz CT molecular complexity index is 514. The quantitative estimate of drug-likeness (QED) is 0.644. The van der Waals surface area contributed by atoms with Crippen molar-refractivity contribution in [1.29, 1.82) is 0 Å². The Hall–Kier alpha value is -0.760. The molecule has 0 radical (unpaired) electrons. The van der Waals surface area contributed by atoms with Crippen LogP contribution in [0.4, 0.5) is 5.69 Å². The molecule has 0 saturated carbocycles. The monoisotopic (exact) mass is 332 g/mol. The van der Waals surface area contributed by atoms with Gasteiger partial charge in [0, 0.05) is 23.5 Å². The highest BCUT2D eigenvalue weighted by atomic mass is 32.2. The molecule has 0 bridgehead atoms. The zero-order valence-corrected chi connectivity index (χ0v) is 14.3. The Labute approximate surface area is 131 Å². The summed E-state index contributed by atoms with van der Waals surface area (Å²) >= 11 is 1.60. The lowest BCUT2D eigenvalue weighted by Gasteiger charge is -2.22. The maximum atomic E-state index is 12.0. The summed E-state index contributed by atoms with van der Waals surface area (Å²) in [4.78, 5) is 0.262. The van der Waals surface area contributed by atoms with Gasteiger partial charge in [-0.1, -0.05) is 6.92 Å². The van der Waals surface area contributed by atoms with Crippen LogP contribution in [-0.4, -0.2) is 44.2 Å². The van der Waals surface area contributed by atoms with Crippen LogP contribution in [0.5, 0.6) is 0 Å². The molecule has 0 aliphatic rings. The molecule has 0 saturated heterocycles. The van der Waals surface area contributed by atoms with Gasteiger partial charge in [-0.3, -0.25) is 0 Å². The van der Waals surface area contributed by atoms with E-state index in [0.29, 0.717) is 6.54 Å². The summed E-state index contributed by atoms with van der Waals surface area (Å²) in [5.41, 5.74) is 0.837. The van der Waals surface area contributed by atoms with Crippen molar-refractivity contribution >= 4 is 27.5 Å². The SMILES string of the molecule is CCCNS(=O)(=O)c1ccc(NC(C)C(CO)SC)cc1. The molecule has 2 atom stereocenters. The molecule has 0 aromatic heterocycles. The highest BCUT2D eigenvalue weighted by Crippen LogP contribution is 2.18. The van der Waals surface area contributed by atoms with E-state index in [1.54, 1.807) is 36.0 Å². The van der Waals surface area contributed by atoms with Crippen molar-refractivity contribution in [3.63, 3.8) is 0 Å². The third kappa shape index (κ3) is 5.50.